The molecule has 1 aromatic heterocycles. The number of methoxy groups -OCH3 is 1. The van der Waals surface area contributed by atoms with Gasteiger partial charge in [0.25, 0.3) is 12.1 Å². The molecule has 0 amide bonds. The third kappa shape index (κ3) is 2.67. The Morgan fingerprint density at radius 2 is 2.28 bits per heavy atom. The van der Waals surface area contributed by atoms with Crippen LogP contribution in [0.5, 0.6) is 5.75 Å². The maximum atomic E-state index is 12.6. The summed E-state index contributed by atoms with van der Waals surface area (Å²) in [6.45, 7) is 0. The Morgan fingerprint density at radius 1 is 1.67 bits per heavy atom. The smallest absolute Gasteiger partial charge is 0.308 e. The van der Waals surface area contributed by atoms with Crippen LogP contribution in [0.15, 0.2) is 6.20 Å². The molecule has 1 rings (SSSR count). The van der Waals surface area contributed by atoms with Gasteiger partial charge in [-0.1, -0.05) is 0 Å². The van der Waals surface area contributed by atoms with E-state index in [4.69, 9.17) is 5.11 Å². The fraction of sp³-hybridized carbons (Fsp3) is 0.333. The van der Waals surface area contributed by atoms with E-state index in [0.717, 1.165) is 7.11 Å². The maximum Gasteiger partial charge on any atom is 0.308 e. The molecule has 0 aliphatic rings. The van der Waals surface area contributed by atoms with Crippen LogP contribution in [0.1, 0.15) is 17.7 Å². The van der Waals surface area contributed by atoms with Crippen molar-refractivity contribution in [3.8, 4) is 5.75 Å². The number of carboxylic acid groups (broad SMARTS) is 1. The van der Waals surface area contributed by atoms with Crippen molar-refractivity contribution < 1.29 is 28.3 Å². The number of rotatable bonds is 5. The number of alkyl halides is 2. The van der Waals surface area contributed by atoms with E-state index < -0.39 is 46.4 Å². The molecule has 0 aromatic carbocycles. The number of hydrogen-bond donors (Lipinski definition) is 1. The molecule has 0 bridgehead atoms. The highest BCUT2D eigenvalue weighted by Crippen LogP contribution is 2.35. The van der Waals surface area contributed by atoms with Crippen LogP contribution in [-0.2, 0) is 11.2 Å². The number of carbonyl (C=O) groups is 1. The van der Waals surface area contributed by atoms with E-state index >= 15 is 0 Å². The second-order valence-electron chi connectivity index (χ2n) is 3.17. The first-order valence-corrected chi connectivity index (χ1v) is 4.58. The lowest BCUT2D eigenvalue weighted by Crippen LogP contribution is -2.09. The molecular weight excluding hydrogens is 254 g/mol. The van der Waals surface area contributed by atoms with Crippen LogP contribution in [0, 0.1) is 10.1 Å². The second-order valence-corrected chi connectivity index (χ2v) is 3.17. The van der Waals surface area contributed by atoms with Gasteiger partial charge >= 0.3 is 5.97 Å². The topological polar surface area (TPSA) is 103 Å². The largest absolute Gasteiger partial charge is 0.494 e. The molecule has 1 N–H and O–H groups in total. The molecule has 0 saturated carbocycles. The average molecular weight is 262 g/mol. The highest BCUT2D eigenvalue weighted by molar-refractivity contribution is 5.74. The first-order valence-electron chi connectivity index (χ1n) is 4.58. The normalized spacial score (nSPS) is 10.4. The van der Waals surface area contributed by atoms with Crippen molar-refractivity contribution in [1.82, 2.24) is 4.98 Å². The van der Waals surface area contributed by atoms with Gasteiger partial charge in [0.15, 0.2) is 5.75 Å². The van der Waals surface area contributed by atoms with Crippen LogP contribution < -0.4 is 4.74 Å². The number of aromatic nitrogens is 1. The molecule has 0 radical (unpaired) electrons. The number of nitro groups is 1. The molecule has 0 atom stereocenters. The van der Waals surface area contributed by atoms with Gasteiger partial charge in [0.1, 0.15) is 11.9 Å². The number of nitrogens with zero attached hydrogens (tertiary/aromatic N) is 2. The van der Waals surface area contributed by atoms with Crippen molar-refractivity contribution in [1.29, 1.82) is 0 Å². The number of hydrogen-bond acceptors (Lipinski definition) is 5. The van der Waals surface area contributed by atoms with Gasteiger partial charge in [0, 0.05) is 0 Å². The average Bonchev–Trinajstić information content (AvgIpc) is 2.26. The van der Waals surface area contributed by atoms with Crippen LogP contribution in [0.25, 0.3) is 0 Å². The van der Waals surface area contributed by atoms with E-state index in [1.807, 2.05) is 0 Å². The van der Waals surface area contributed by atoms with Gasteiger partial charge in [-0.25, -0.2) is 13.8 Å². The van der Waals surface area contributed by atoms with Crippen LogP contribution in [0.3, 0.4) is 0 Å². The van der Waals surface area contributed by atoms with Gasteiger partial charge in [0.05, 0.1) is 24.0 Å². The second kappa shape index (κ2) is 5.34. The monoisotopic (exact) mass is 262 g/mol. The summed E-state index contributed by atoms with van der Waals surface area (Å²) in [5, 5.41) is 19.3. The molecule has 1 aromatic rings. The van der Waals surface area contributed by atoms with Gasteiger partial charge in [-0.15, -0.1) is 0 Å². The standard InChI is InChI=1S/C9H8F2N2O5/c1-18-8-4(2-6(14)15)5(13(16)17)3-12-7(8)9(10)11/h3,9H,2H2,1H3,(H,14,15). The molecule has 1 heterocycles. The van der Waals surface area contributed by atoms with E-state index in [0.29, 0.717) is 6.20 Å². The molecule has 98 valence electrons. The van der Waals surface area contributed by atoms with Crippen LogP contribution >= 0.6 is 0 Å². The Bertz CT molecular complexity index is 492. The molecule has 7 nitrogen and oxygen atoms in total. The highest BCUT2D eigenvalue weighted by atomic mass is 19.3. The van der Waals surface area contributed by atoms with Gasteiger partial charge in [-0.05, 0) is 0 Å². The molecule has 0 spiro atoms. The van der Waals surface area contributed by atoms with E-state index in [1.165, 1.54) is 0 Å². The molecule has 0 fully saturated rings. The summed E-state index contributed by atoms with van der Waals surface area (Å²) in [5.41, 5.74) is -1.92. The first-order chi connectivity index (χ1) is 8.38. The predicted octanol–water partition coefficient (Wildman–Crippen LogP) is 1.56. The van der Waals surface area contributed by atoms with E-state index in [-0.39, 0.29) is 0 Å². The minimum Gasteiger partial charge on any atom is -0.494 e. The Labute approximate surface area is 99.2 Å². The lowest BCUT2D eigenvalue weighted by atomic mass is 10.1. The quantitative estimate of drug-likeness (QED) is 0.638. The fourth-order valence-corrected chi connectivity index (χ4v) is 1.40. The lowest BCUT2D eigenvalue weighted by Gasteiger charge is -2.11. The number of ether oxygens (including phenoxy) is 1. The maximum absolute atomic E-state index is 12.6. The number of halogens is 2. The fourth-order valence-electron chi connectivity index (χ4n) is 1.40. The zero-order chi connectivity index (χ0) is 13.9. The van der Waals surface area contributed by atoms with Gasteiger partial charge in [0.2, 0.25) is 0 Å². The zero-order valence-electron chi connectivity index (χ0n) is 9.09. The molecule has 0 aliphatic carbocycles. The van der Waals surface area contributed by atoms with Gasteiger partial charge in [-0.3, -0.25) is 14.9 Å². The van der Waals surface area contributed by atoms with Crippen LogP contribution in [-0.4, -0.2) is 28.1 Å². The first kappa shape index (κ1) is 13.7. The minimum atomic E-state index is -3.02. The molecule has 18 heavy (non-hydrogen) atoms. The number of pyridine rings is 1. The van der Waals surface area contributed by atoms with Crippen molar-refractivity contribution in [3.63, 3.8) is 0 Å². The van der Waals surface area contributed by atoms with Crippen LogP contribution in [0.2, 0.25) is 0 Å². The van der Waals surface area contributed by atoms with Crippen molar-refractivity contribution in [2.75, 3.05) is 7.11 Å². The van der Waals surface area contributed by atoms with Crippen molar-refractivity contribution in [2.24, 2.45) is 0 Å². The summed E-state index contributed by atoms with van der Waals surface area (Å²) in [6.07, 6.45) is -3.22. The Kier molecular flexibility index (Phi) is 4.08. The third-order valence-electron chi connectivity index (χ3n) is 2.08. The summed E-state index contributed by atoms with van der Waals surface area (Å²) >= 11 is 0. The van der Waals surface area contributed by atoms with E-state index in [1.54, 1.807) is 0 Å². The van der Waals surface area contributed by atoms with Gasteiger partial charge in [-0.2, -0.15) is 0 Å². The summed E-state index contributed by atoms with van der Waals surface area (Å²) in [7, 11) is 1.01. The molecular formula is C9H8F2N2O5. The molecule has 0 saturated heterocycles. The van der Waals surface area contributed by atoms with Crippen molar-refractivity contribution >= 4 is 11.7 Å². The zero-order valence-corrected chi connectivity index (χ0v) is 9.09. The summed E-state index contributed by atoms with van der Waals surface area (Å²) in [6, 6.07) is 0. The van der Waals surface area contributed by atoms with Crippen molar-refractivity contribution in [3.05, 3.63) is 27.6 Å². The molecule has 0 aliphatic heterocycles. The summed E-state index contributed by atoms with van der Waals surface area (Å²) in [4.78, 5) is 23.6. The highest BCUT2D eigenvalue weighted by Gasteiger charge is 2.28. The Hall–Kier alpha value is -2.32. The number of aliphatic carboxylic acids is 1. The molecule has 0 unspecified atom stereocenters. The molecule has 9 heteroatoms. The summed E-state index contributed by atoms with van der Waals surface area (Å²) in [5.74, 6) is -1.97. The minimum absolute atomic E-state index is 0.430. The SMILES string of the molecule is COc1c(C(F)F)ncc([N+](=O)[O-])c1CC(=O)O. The Morgan fingerprint density at radius 3 is 2.67 bits per heavy atom. The number of carboxylic acids is 1. The van der Waals surface area contributed by atoms with Crippen LogP contribution in [0.4, 0.5) is 14.5 Å². The predicted molar refractivity (Wildman–Crippen MR) is 53.7 cm³/mol. The van der Waals surface area contributed by atoms with E-state index in [9.17, 15) is 23.7 Å². The Balaban J connectivity index is 3.50. The van der Waals surface area contributed by atoms with Crippen molar-refractivity contribution in [2.45, 2.75) is 12.8 Å². The third-order valence-corrected chi connectivity index (χ3v) is 2.08. The lowest BCUT2D eigenvalue weighted by molar-refractivity contribution is -0.385. The van der Waals surface area contributed by atoms with E-state index in [2.05, 4.69) is 9.72 Å². The summed E-state index contributed by atoms with van der Waals surface area (Å²) < 4.78 is 29.8. The van der Waals surface area contributed by atoms with Gasteiger partial charge < -0.3 is 9.84 Å².